The number of hydrogen-bond acceptors (Lipinski definition) is 3. The number of aryl methyl sites for hydroxylation is 1. The maximum absolute atomic E-state index is 13.3. The van der Waals surface area contributed by atoms with E-state index in [1.54, 1.807) is 30.1 Å². The average Bonchev–Trinajstić information content (AvgIpc) is 3.11. The molecule has 0 saturated carbocycles. The van der Waals surface area contributed by atoms with Gasteiger partial charge in [-0.25, -0.2) is 9.37 Å². The summed E-state index contributed by atoms with van der Waals surface area (Å²) in [4.78, 5) is 18.0. The molecule has 1 N–H and O–H groups in total. The zero-order valence-electron chi connectivity index (χ0n) is 15.1. The fourth-order valence-electron chi connectivity index (χ4n) is 2.78. The third-order valence-corrected chi connectivity index (χ3v) is 5.28. The van der Waals surface area contributed by atoms with Crippen molar-refractivity contribution in [3.05, 3.63) is 84.2 Å². The van der Waals surface area contributed by atoms with E-state index in [2.05, 4.69) is 22.4 Å². The van der Waals surface area contributed by atoms with Crippen molar-refractivity contribution in [3.63, 3.8) is 0 Å². The van der Waals surface area contributed by atoms with Crippen molar-refractivity contribution in [2.45, 2.75) is 23.8 Å². The highest BCUT2D eigenvalue weighted by molar-refractivity contribution is 7.99. The summed E-state index contributed by atoms with van der Waals surface area (Å²) in [6.45, 7) is 0. The molecule has 1 amide bonds. The van der Waals surface area contributed by atoms with Crippen molar-refractivity contribution in [3.8, 4) is 0 Å². The molecule has 1 heterocycles. The number of aromatic nitrogens is 2. The highest BCUT2D eigenvalue weighted by Gasteiger charge is 2.20. The summed E-state index contributed by atoms with van der Waals surface area (Å²) in [6, 6.07) is 15.9. The lowest BCUT2D eigenvalue weighted by Gasteiger charge is -2.19. The Labute approximate surface area is 162 Å². The van der Waals surface area contributed by atoms with Crippen molar-refractivity contribution >= 4 is 17.7 Å². The molecule has 0 saturated heterocycles. The van der Waals surface area contributed by atoms with Crippen LogP contribution in [0.2, 0.25) is 0 Å². The molecule has 6 heteroatoms. The van der Waals surface area contributed by atoms with Gasteiger partial charge < -0.3 is 9.88 Å². The van der Waals surface area contributed by atoms with Crippen molar-refractivity contribution in [2.24, 2.45) is 7.05 Å². The van der Waals surface area contributed by atoms with E-state index >= 15 is 0 Å². The van der Waals surface area contributed by atoms with Gasteiger partial charge in [-0.2, -0.15) is 0 Å². The van der Waals surface area contributed by atoms with Gasteiger partial charge in [0.05, 0.1) is 0 Å². The van der Waals surface area contributed by atoms with E-state index in [0.29, 0.717) is 12.2 Å². The first-order valence-electron chi connectivity index (χ1n) is 8.83. The Bertz CT molecular complexity index is 865. The van der Waals surface area contributed by atoms with E-state index in [1.807, 2.05) is 36.0 Å². The molecule has 140 valence electrons. The molecule has 0 fully saturated rings. The minimum atomic E-state index is -0.403. The summed E-state index contributed by atoms with van der Waals surface area (Å²) in [7, 11) is 1.88. The van der Waals surface area contributed by atoms with E-state index < -0.39 is 6.04 Å². The van der Waals surface area contributed by atoms with Gasteiger partial charge in [0.2, 0.25) is 5.91 Å². The predicted molar refractivity (Wildman–Crippen MR) is 106 cm³/mol. The quantitative estimate of drug-likeness (QED) is 0.465. The molecule has 0 bridgehead atoms. The molecule has 0 aliphatic rings. The van der Waals surface area contributed by atoms with E-state index in [4.69, 9.17) is 0 Å². The van der Waals surface area contributed by atoms with Crippen LogP contribution in [0, 0.1) is 5.82 Å². The molecule has 1 atom stereocenters. The highest BCUT2D eigenvalue weighted by atomic mass is 32.2. The number of nitrogens with zero attached hydrogens (tertiary/aromatic N) is 2. The maximum Gasteiger partial charge on any atom is 0.220 e. The summed E-state index contributed by atoms with van der Waals surface area (Å²) in [5.41, 5.74) is 0.803. The lowest BCUT2D eigenvalue weighted by atomic mass is 10.1. The molecule has 27 heavy (non-hydrogen) atoms. The van der Waals surface area contributed by atoms with E-state index in [1.165, 1.54) is 17.0 Å². The fraction of sp³-hybridized carbons (Fsp3) is 0.238. The summed E-state index contributed by atoms with van der Waals surface area (Å²) in [5.74, 6) is 1.25. The second kappa shape index (κ2) is 9.37. The number of carbonyl (C=O) groups is 1. The van der Waals surface area contributed by atoms with Gasteiger partial charge in [0.1, 0.15) is 17.7 Å². The minimum Gasteiger partial charge on any atom is -0.342 e. The Morgan fingerprint density at radius 1 is 1.19 bits per heavy atom. The van der Waals surface area contributed by atoms with Crippen molar-refractivity contribution in [1.82, 2.24) is 14.9 Å². The van der Waals surface area contributed by atoms with Gasteiger partial charge in [-0.15, -0.1) is 11.8 Å². The van der Waals surface area contributed by atoms with Gasteiger partial charge in [0.25, 0.3) is 0 Å². The molecule has 1 aromatic heterocycles. The largest absolute Gasteiger partial charge is 0.342 e. The summed E-state index contributed by atoms with van der Waals surface area (Å²) in [6.07, 6.45) is 4.73. The smallest absolute Gasteiger partial charge is 0.220 e. The van der Waals surface area contributed by atoms with Crippen LogP contribution in [0.3, 0.4) is 0 Å². The standard InChI is InChI=1S/C21H22FN3OS/c1-25-14-13-23-21(25)20(16-9-11-17(22)12-10-16)24-19(26)8-5-15-27-18-6-3-2-4-7-18/h2-4,6-7,9-14,20H,5,8,15H2,1H3,(H,24,26)/t20-/m0/s1. The van der Waals surface area contributed by atoms with Crippen molar-refractivity contribution in [2.75, 3.05) is 5.75 Å². The first kappa shape index (κ1) is 19.2. The third-order valence-electron chi connectivity index (χ3n) is 4.19. The molecule has 4 nitrogen and oxygen atoms in total. The summed E-state index contributed by atoms with van der Waals surface area (Å²) < 4.78 is 15.1. The Balaban J connectivity index is 1.59. The first-order chi connectivity index (χ1) is 13.1. The monoisotopic (exact) mass is 383 g/mol. The molecule has 0 aliphatic carbocycles. The van der Waals surface area contributed by atoms with Crippen LogP contribution in [-0.2, 0) is 11.8 Å². The molecular weight excluding hydrogens is 361 g/mol. The van der Waals surface area contributed by atoms with Gasteiger partial charge in [0, 0.05) is 30.8 Å². The van der Waals surface area contributed by atoms with Crippen molar-refractivity contribution < 1.29 is 9.18 Å². The molecule has 2 aromatic carbocycles. The number of amides is 1. The molecule has 0 unspecified atom stereocenters. The number of hydrogen-bond donors (Lipinski definition) is 1. The van der Waals surface area contributed by atoms with Gasteiger partial charge in [-0.1, -0.05) is 30.3 Å². The van der Waals surface area contributed by atoms with E-state index in [-0.39, 0.29) is 11.7 Å². The second-order valence-electron chi connectivity index (χ2n) is 6.21. The number of thioether (sulfide) groups is 1. The SMILES string of the molecule is Cn1ccnc1[C@@H](NC(=O)CCCSc1ccccc1)c1ccc(F)cc1. The Kier molecular flexibility index (Phi) is 6.65. The lowest BCUT2D eigenvalue weighted by molar-refractivity contribution is -0.121. The van der Waals surface area contributed by atoms with Gasteiger partial charge in [0.15, 0.2) is 0 Å². The van der Waals surface area contributed by atoms with Crippen LogP contribution in [0.15, 0.2) is 71.9 Å². The van der Waals surface area contributed by atoms with Crippen LogP contribution in [0.4, 0.5) is 4.39 Å². The molecule has 0 radical (unpaired) electrons. The van der Waals surface area contributed by atoms with Crippen LogP contribution in [-0.4, -0.2) is 21.2 Å². The van der Waals surface area contributed by atoms with Crippen LogP contribution in [0.5, 0.6) is 0 Å². The normalized spacial score (nSPS) is 11.9. The number of rotatable bonds is 8. The molecule has 0 aliphatic heterocycles. The molecule has 3 aromatic rings. The zero-order chi connectivity index (χ0) is 19.1. The number of halogens is 1. The summed E-state index contributed by atoms with van der Waals surface area (Å²) in [5, 5.41) is 3.04. The van der Waals surface area contributed by atoms with Crippen LogP contribution < -0.4 is 5.32 Å². The van der Waals surface area contributed by atoms with E-state index in [9.17, 15) is 9.18 Å². The second-order valence-corrected chi connectivity index (χ2v) is 7.38. The number of benzene rings is 2. The lowest BCUT2D eigenvalue weighted by Crippen LogP contribution is -2.31. The predicted octanol–water partition coefficient (Wildman–Crippen LogP) is 4.34. The summed E-state index contributed by atoms with van der Waals surface area (Å²) >= 11 is 1.74. The van der Waals surface area contributed by atoms with Gasteiger partial charge >= 0.3 is 0 Å². The van der Waals surface area contributed by atoms with Crippen LogP contribution in [0.25, 0.3) is 0 Å². The average molecular weight is 383 g/mol. The number of nitrogens with one attached hydrogen (secondary N) is 1. The zero-order valence-corrected chi connectivity index (χ0v) is 16.0. The van der Waals surface area contributed by atoms with Crippen LogP contribution in [0.1, 0.15) is 30.3 Å². The van der Waals surface area contributed by atoms with E-state index in [0.717, 1.165) is 17.7 Å². The number of carbonyl (C=O) groups excluding carboxylic acids is 1. The first-order valence-corrected chi connectivity index (χ1v) is 9.82. The Morgan fingerprint density at radius 2 is 1.93 bits per heavy atom. The molecule has 0 spiro atoms. The Hall–Kier alpha value is -2.60. The van der Waals surface area contributed by atoms with Crippen molar-refractivity contribution in [1.29, 1.82) is 0 Å². The van der Waals surface area contributed by atoms with Crippen LogP contribution >= 0.6 is 11.8 Å². The topological polar surface area (TPSA) is 46.9 Å². The molecular formula is C21H22FN3OS. The fourth-order valence-corrected chi connectivity index (χ4v) is 3.65. The van der Waals surface area contributed by atoms with Gasteiger partial charge in [-0.05, 0) is 42.0 Å². The highest BCUT2D eigenvalue weighted by Crippen LogP contribution is 2.22. The third kappa shape index (κ3) is 5.44. The molecule has 3 rings (SSSR count). The minimum absolute atomic E-state index is 0.0408. The van der Waals surface area contributed by atoms with Gasteiger partial charge in [-0.3, -0.25) is 4.79 Å². The Morgan fingerprint density at radius 3 is 2.59 bits per heavy atom. The number of imidazole rings is 1. The maximum atomic E-state index is 13.3.